The molecule has 1 aliphatic rings. The van der Waals surface area contributed by atoms with E-state index < -0.39 is 0 Å². The van der Waals surface area contributed by atoms with Crippen molar-refractivity contribution in [3.05, 3.63) is 0 Å². The van der Waals surface area contributed by atoms with Crippen LogP contribution >= 0.6 is 0 Å². The monoisotopic (exact) mass is 242 g/mol. The maximum absolute atomic E-state index is 5.25. The first-order valence-corrected chi connectivity index (χ1v) is 7.13. The molecule has 3 unspecified atom stereocenters. The van der Waals surface area contributed by atoms with Gasteiger partial charge in [0.05, 0.1) is 6.61 Å². The van der Waals surface area contributed by atoms with Gasteiger partial charge >= 0.3 is 0 Å². The summed E-state index contributed by atoms with van der Waals surface area (Å²) in [6.45, 7) is 6.49. The smallest absolute Gasteiger partial charge is 0.0615 e. The first-order valence-electron chi connectivity index (χ1n) is 7.13. The summed E-state index contributed by atoms with van der Waals surface area (Å²) in [5.74, 6) is 0. The van der Waals surface area contributed by atoms with Crippen molar-refractivity contribution in [2.24, 2.45) is 0 Å². The zero-order valence-electron chi connectivity index (χ0n) is 12.0. The Balaban J connectivity index is 2.37. The minimum absolute atomic E-state index is 0.523. The van der Waals surface area contributed by atoms with E-state index in [1.807, 2.05) is 0 Å². The SMILES string of the molecule is CCCNC1CCCC(N(C)C(C)COC)C1. The van der Waals surface area contributed by atoms with Crippen molar-refractivity contribution in [2.75, 3.05) is 27.3 Å². The largest absolute Gasteiger partial charge is 0.383 e. The molecule has 1 fully saturated rings. The molecule has 3 nitrogen and oxygen atoms in total. The molecule has 0 amide bonds. The van der Waals surface area contributed by atoms with Crippen molar-refractivity contribution in [1.82, 2.24) is 10.2 Å². The molecule has 0 bridgehead atoms. The highest BCUT2D eigenvalue weighted by molar-refractivity contribution is 4.84. The summed E-state index contributed by atoms with van der Waals surface area (Å²) in [6.07, 6.45) is 6.58. The third-order valence-electron chi connectivity index (χ3n) is 4.01. The molecule has 0 aromatic rings. The Morgan fingerprint density at radius 3 is 2.82 bits per heavy atom. The number of rotatable bonds is 7. The van der Waals surface area contributed by atoms with E-state index in [-0.39, 0.29) is 0 Å². The van der Waals surface area contributed by atoms with Crippen LogP contribution < -0.4 is 5.32 Å². The van der Waals surface area contributed by atoms with Gasteiger partial charge in [-0.25, -0.2) is 0 Å². The lowest BCUT2D eigenvalue weighted by molar-refractivity contribution is 0.0698. The van der Waals surface area contributed by atoms with E-state index in [2.05, 4.69) is 31.1 Å². The third-order valence-corrected chi connectivity index (χ3v) is 4.01. The fourth-order valence-electron chi connectivity index (χ4n) is 2.79. The van der Waals surface area contributed by atoms with Crippen LogP contribution in [0.25, 0.3) is 0 Å². The molecular formula is C14H30N2O. The summed E-state index contributed by atoms with van der Waals surface area (Å²) in [5, 5.41) is 3.67. The van der Waals surface area contributed by atoms with E-state index in [4.69, 9.17) is 4.74 Å². The summed E-state index contributed by atoms with van der Waals surface area (Å²) in [5.41, 5.74) is 0. The van der Waals surface area contributed by atoms with Crippen LogP contribution in [0.5, 0.6) is 0 Å². The van der Waals surface area contributed by atoms with Gasteiger partial charge in [0.15, 0.2) is 0 Å². The molecule has 0 spiro atoms. The summed E-state index contributed by atoms with van der Waals surface area (Å²) in [6, 6.07) is 1.98. The van der Waals surface area contributed by atoms with E-state index in [9.17, 15) is 0 Å². The molecule has 0 aromatic heterocycles. The number of likely N-dealkylation sites (N-methyl/N-ethyl adjacent to an activating group) is 1. The van der Waals surface area contributed by atoms with Gasteiger partial charge < -0.3 is 10.1 Å². The quantitative estimate of drug-likeness (QED) is 0.741. The van der Waals surface area contributed by atoms with Gasteiger partial charge in [-0.1, -0.05) is 13.3 Å². The van der Waals surface area contributed by atoms with Gasteiger partial charge in [-0.3, -0.25) is 4.90 Å². The molecule has 102 valence electrons. The maximum atomic E-state index is 5.25. The molecule has 0 aromatic carbocycles. The number of hydrogen-bond acceptors (Lipinski definition) is 3. The number of methoxy groups -OCH3 is 1. The second-order valence-corrected chi connectivity index (χ2v) is 5.44. The van der Waals surface area contributed by atoms with E-state index in [1.54, 1.807) is 7.11 Å². The molecule has 0 saturated heterocycles. The highest BCUT2D eigenvalue weighted by Crippen LogP contribution is 2.23. The van der Waals surface area contributed by atoms with Gasteiger partial charge in [-0.05, 0) is 46.2 Å². The number of ether oxygens (including phenoxy) is 1. The Morgan fingerprint density at radius 1 is 1.41 bits per heavy atom. The lowest BCUT2D eigenvalue weighted by Crippen LogP contribution is -2.47. The Morgan fingerprint density at radius 2 is 2.18 bits per heavy atom. The summed E-state index contributed by atoms with van der Waals surface area (Å²) < 4.78 is 5.25. The number of nitrogens with zero attached hydrogens (tertiary/aromatic N) is 1. The topological polar surface area (TPSA) is 24.5 Å². The first kappa shape index (κ1) is 14.9. The lowest BCUT2D eigenvalue weighted by atomic mass is 9.89. The van der Waals surface area contributed by atoms with Crippen LogP contribution in [0.1, 0.15) is 46.0 Å². The Hall–Kier alpha value is -0.120. The van der Waals surface area contributed by atoms with Crippen LogP contribution in [0.3, 0.4) is 0 Å². The molecule has 1 saturated carbocycles. The molecular weight excluding hydrogens is 212 g/mol. The normalized spacial score (nSPS) is 27.4. The van der Waals surface area contributed by atoms with E-state index >= 15 is 0 Å². The van der Waals surface area contributed by atoms with Gasteiger partial charge in [0.25, 0.3) is 0 Å². The Kier molecular flexibility index (Phi) is 7.09. The van der Waals surface area contributed by atoms with Crippen molar-refractivity contribution in [2.45, 2.75) is 64.1 Å². The van der Waals surface area contributed by atoms with E-state index in [0.29, 0.717) is 6.04 Å². The average Bonchev–Trinajstić information content (AvgIpc) is 2.36. The van der Waals surface area contributed by atoms with Crippen LogP contribution in [0.15, 0.2) is 0 Å². The third kappa shape index (κ3) is 4.94. The summed E-state index contributed by atoms with van der Waals surface area (Å²) in [4.78, 5) is 2.50. The lowest BCUT2D eigenvalue weighted by Gasteiger charge is -2.38. The average molecular weight is 242 g/mol. The van der Waals surface area contributed by atoms with Crippen molar-refractivity contribution >= 4 is 0 Å². The molecule has 1 aliphatic carbocycles. The molecule has 0 aliphatic heterocycles. The zero-order chi connectivity index (χ0) is 12.7. The van der Waals surface area contributed by atoms with Crippen LogP contribution in [-0.2, 0) is 4.74 Å². The van der Waals surface area contributed by atoms with Gasteiger partial charge in [-0.2, -0.15) is 0 Å². The first-order chi connectivity index (χ1) is 8.19. The highest BCUT2D eigenvalue weighted by atomic mass is 16.5. The van der Waals surface area contributed by atoms with Crippen LogP contribution in [0.4, 0.5) is 0 Å². The summed E-state index contributed by atoms with van der Waals surface area (Å²) in [7, 11) is 4.04. The minimum Gasteiger partial charge on any atom is -0.383 e. The standard InChI is InChI=1S/C14H30N2O/c1-5-9-15-13-7-6-8-14(10-13)16(3)12(2)11-17-4/h12-15H,5-11H2,1-4H3. The maximum Gasteiger partial charge on any atom is 0.0615 e. The van der Waals surface area contributed by atoms with Gasteiger partial charge in [0.2, 0.25) is 0 Å². The van der Waals surface area contributed by atoms with Crippen LogP contribution in [-0.4, -0.2) is 50.3 Å². The van der Waals surface area contributed by atoms with Crippen molar-refractivity contribution in [1.29, 1.82) is 0 Å². The van der Waals surface area contributed by atoms with E-state index in [0.717, 1.165) is 25.2 Å². The van der Waals surface area contributed by atoms with E-state index in [1.165, 1.54) is 32.1 Å². The molecule has 17 heavy (non-hydrogen) atoms. The molecule has 1 rings (SSSR count). The van der Waals surface area contributed by atoms with Crippen LogP contribution in [0, 0.1) is 0 Å². The number of hydrogen-bond donors (Lipinski definition) is 1. The second kappa shape index (κ2) is 8.06. The minimum atomic E-state index is 0.523. The highest BCUT2D eigenvalue weighted by Gasteiger charge is 2.26. The van der Waals surface area contributed by atoms with Crippen molar-refractivity contribution < 1.29 is 4.74 Å². The second-order valence-electron chi connectivity index (χ2n) is 5.44. The van der Waals surface area contributed by atoms with Gasteiger partial charge in [-0.15, -0.1) is 0 Å². The Bertz CT molecular complexity index is 199. The molecule has 3 heteroatoms. The fraction of sp³-hybridized carbons (Fsp3) is 1.00. The van der Waals surface area contributed by atoms with Crippen LogP contribution in [0.2, 0.25) is 0 Å². The van der Waals surface area contributed by atoms with Crippen molar-refractivity contribution in [3.63, 3.8) is 0 Å². The molecule has 0 radical (unpaired) electrons. The molecule has 0 heterocycles. The fourth-order valence-corrected chi connectivity index (χ4v) is 2.79. The summed E-state index contributed by atoms with van der Waals surface area (Å²) >= 11 is 0. The Labute approximate surface area is 107 Å². The van der Waals surface area contributed by atoms with Gasteiger partial charge in [0.1, 0.15) is 0 Å². The molecule has 3 atom stereocenters. The molecule has 1 N–H and O–H groups in total. The van der Waals surface area contributed by atoms with Gasteiger partial charge in [0, 0.05) is 25.2 Å². The predicted octanol–water partition coefficient (Wildman–Crippen LogP) is 2.26. The predicted molar refractivity (Wildman–Crippen MR) is 73.4 cm³/mol. The number of nitrogens with one attached hydrogen (secondary N) is 1. The zero-order valence-corrected chi connectivity index (χ0v) is 12.0. The van der Waals surface area contributed by atoms with Crippen molar-refractivity contribution in [3.8, 4) is 0 Å².